The monoisotopic (exact) mass is 298 g/mol. The summed E-state index contributed by atoms with van der Waals surface area (Å²) in [5, 5.41) is 13.3. The first-order valence-electron chi connectivity index (χ1n) is 6.64. The number of likely N-dealkylation sites (N-methyl/N-ethyl adjacent to an activating group) is 1. The van der Waals surface area contributed by atoms with E-state index >= 15 is 0 Å². The molecule has 5 heteroatoms. The van der Waals surface area contributed by atoms with Gasteiger partial charge in [0.2, 0.25) is 5.91 Å². The molecule has 0 fully saturated rings. The van der Waals surface area contributed by atoms with Crippen LogP contribution < -0.4 is 5.32 Å². The zero-order valence-electron chi connectivity index (χ0n) is 12.5. The summed E-state index contributed by atoms with van der Waals surface area (Å²) in [7, 11) is 1.80. The van der Waals surface area contributed by atoms with Crippen LogP contribution in [-0.4, -0.2) is 41.7 Å². The molecule has 0 bridgehead atoms. The summed E-state index contributed by atoms with van der Waals surface area (Å²) >= 11 is 6.10. The van der Waals surface area contributed by atoms with Gasteiger partial charge in [0.25, 0.3) is 0 Å². The molecule has 0 radical (unpaired) electrons. The summed E-state index contributed by atoms with van der Waals surface area (Å²) in [6.07, 6.45) is 0. The first-order chi connectivity index (χ1) is 9.19. The van der Waals surface area contributed by atoms with Crippen LogP contribution in [0.3, 0.4) is 0 Å². The molecule has 0 aromatic heterocycles. The minimum Gasteiger partial charge on any atom is -0.389 e. The molecule has 20 heavy (non-hydrogen) atoms. The lowest BCUT2D eigenvalue weighted by atomic mass is 10.1. The van der Waals surface area contributed by atoms with E-state index in [4.69, 9.17) is 11.6 Å². The lowest BCUT2D eigenvalue weighted by Gasteiger charge is -2.25. The van der Waals surface area contributed by atoms with E-state index in [2.05, 4.69) is 5.32 Å². The van der Waals surface area contributed by atoms with Crippen molar-refractivity contribution in [1.29, 1.82) is 0 Å². The zero-order chi connectivity index (χ0) is 15.3. The van der Waals surface area contributed by atoms with Crippen LogP contribution in [0.1, 0.15) is 32.4 Å². The molecule has 0 saturated carbocycles. The van der Waals surface area contributed by atoms with Gasteiger partial charge in [0, 0.05) is 11.6 Å². The molecule has 0 aliphatic heterocycles. The summed E-state index contributed by atoms with van der Waals surface area (Å²) in [6.45, 7) is 6.00. The fourth-order valence-corrected chi connectivity index (χ4v) is 2.45. The van der Waals surface area contributed by atoms with Crippen molar-refractivity contribution in [3.63, 3.8) is 0 Å². The second kappa shape index (κ2) is 7.07. The lowest BCUT2D eigenvalue weighted by Crippen LogP contribution is -2.42. The maximum Gasteiger partial charge on any atom is 0.234 e. The number of benzene rings is 1. The van der Waals surface area contributed by atoms with E-state index in [1.807, 2.05) is 25.1 Å². The highest BCUT2D eigenvalue weighted by Crippen LogP contribution is 2.21. The third kappa shape index (κ3) is 5.90. The topological polar surface area (TPSA) is 52.6 Å². The van der Waals surface area contributed by atoms with Crippen molar-refractivity contribution in [2.24, 2.45) is 0 Å². The number of carbonyl (C=O) groups excluding carboxylic acids is 1. The van der Waals surface area contributed by atoms with Gasteiger partial charge in [-0.2, -0.15) is 0 Å². The van der Waals surface area contributed by atoms with Gasteiger partial charge in [-0.15, -0.1) is 0 Å². The Morgan fingerprint density at radius 2 is 2.05 bits per heavy atom. The summed E-state index contributed by atoms with van der Waals surface area (Å²) in [4.78, 5) is 13.7. The van der Waals surface area contributed by atoms with Crippen molar-refractivity contribution >= 4 is 17.5 Å². The highest BCUT2D eigenvalue weighted by Gasteiger charge is 2.18. The Labute approximate surface area is 125 Å². The maximum atomic E-state index is 12.0. The molecule has 4 nitrogen and oxygen atoms in total. The first-order valence-corrected chi connectivity index (χ1v) is 7.01. The second-order valence-corrected chi connectivity index (χ2v) is 6.20. The molecular formula is C15H23ClN2O2. The predicted octanol–water partition coefficient (Wildman–Crippen LogP) is 2.22. The largest absolute Gasteiger partial charge is 0.389 e. The number of carbonyl (C=O) groups is 1. The van der Waals surface area contributed by atoms with Crippen molar-refractivity contribution in [2.45, 2.75) is 32.4 Å². The van der Waals surface area contributed by atoms with Crippen LogP contribution in [-0.2, 0) is 4.79 Å². The Kier molecular flexibility index (Phi) is 5.99. The molecule has 0 saturated heterocycles. The van der Waals surface area contributed by atoms with Crippen molar-refractivity contribution < 1.29 is 9.90 Å². The van der Waals surface area contributed by atoms with Crippen LogP contribution >= 0.6 is 11.6 Å². The summed E-state index contributed by atoms with van der Waals surface area (Å²) in [5.41, 5.74) is 0.0799. The smallest absolute Gasteiger partial charge is 0.234 e. The average molecular weight is 299 g/mol. The molecule has 0 aliphatic rings. The Hall–Kier alpha value is -1.10. The van der Waals surface area contributed by atoms with Crippen LogP contribution in [0.2, 0.25) is 5.02 Å². The molecule has 0 spiro atoms. The van der Waals surface area contributed by atoms with Gasteiger partial charge in [-0.25, -0.2) is 0 Å². The van der Waals surface area contributed by atoms with Crippen LogP contribution in [0.5, 0.6) is 0 Å². The van der Waals surface area contributed by atoms with Crippen LogP contribution in [0.15, 0.2) is 24.3 Å². The van der Waals surface area contributed by atoms with E-state index in [0.29, 0.717) is 11.6 Å². The van der Waals surface area contributed by atoms with Gasteiger partial charge < -0.3 is 10.4 Å². The van der Waals surface area contributed by atoms with E-state index in [9.17, 15) is 9.90 Å². The molecule has 112 valence electrons. The fourth-order valence-electron chi connectivity index (χ4n) is 2.15. The first kappa shape index (κ1) is 17.0. The van der Waals surface area contributed by atoms with E-state index < -0.39 is 5.60 Å². The number of nitrogens with one attached hydrogen (secondary N) is 1. The molecule has 1 aromatic carbocycles. The van der Waals surface area contributed by atoms with Gasteiger partial charge in [-0.1, -0.05) is 29.8 Å². The Morgan fingerprint density at radius 1 is 1.45 bits per heavy atom. The standard InChI is InChI=1S/C15H23ClN2O2/c1-11(12-7-5-6-8-13(12)16)17-14(19)9-18(4)10-15(2,3)20/h5-8,11,20H,9-10H2,1-4H3,(H,17,19). The highest BCUT2D eigenvalue weighted by atomic mass is 35.5. The maximum absolute atomic E-state index is 12.0. The molecule has 0 aliphatic carbocycles. The number of hydrogen-bond donors (Lipinski definition) is 2. The summed E-state index contributed by atoms with van der Waals surface area (Å²) in [6, 6.07) is 7.31. The number of amides is 1. The Morgan fingerprint density at radius 3 is 2.60 bits per heavy atom. The third-order valence-electron chi connectivity index (χ3n) is 2.82. The van der Waals surface area contributed by atoms with Gasteiger partial charge in [0.15, 0.2) is 0 Å². The van der Waals surface area contributed by atoms with Crippen molar-refractivity contribution in [2.75, 3.05) is 20.1 Å². The van der Waals surface area contributed by atoms with Gasteiger partial charge in [0.05, 0.1) is 18.2 Å². The molecule has 1 aromatic rings. The molecule has 0 heterocycles. The molecule has 1 unspecified atom stereocenters. The summed E-state index contributed by atoms with van der Waals surface area (Å²) in [5.74, 6) is -0.0934. The third-order valence-corrected chi connectivity index (χ3v) is 3.16. The number of aliphatic hydroxyl groups is 1. The molecule has 1 atom stereocenters. The van der Waals surface area contributed by atoms with Gasteiger partial charge >= 0.3 is 0 Å². The number of nitrogens with zero attached hydrogens (tertiary/aromatic N) is 1. The van der Waals surface area contributed by atoms with E-state index in [1.54, 1.807) is 31.9 Å². The quantitative estimate of drug-likeness (QED) is 0.847. The summed E-state index contributed by atoms with van der Waals surface area (Å²) < 4.78 is 0. The zero-order valence-corrected chi connectivity index (χ0v) is 13.2. The Balaban J connectivity index is 2.52. The van der Waals surface area contributed by atoms with Crippen molar-refractivity contribution in [3.05, 3.63) is 34.9 Å². The van der Waals surface area contributed by atoms with Gasteiger partial charge in [-0.05, 0) is 39.4 Å². The van der Waals surface area contributed by atoms with Crippen LogP contribution in [0.25, 0.3) is 0 Å². The number of rotatable bonds is 6. The Bertz CT molecular complexity index is 457. The second-order valence-electron chi connectivity index (χ2n) is 5.80. The lowest BCUT2D eigenvalue weighted by molar-refractivity contribution is -0.123. The van der Waals surface area contributed by atoms with Crippen LogP contribution in [0, 0.1) is 0 Å². The van der Waals surface area contributed by atoms with Gasteiger partial charge in [0.1, 0.15) is 0 Å². The fraction of sp³-hybridized carbons (Fsp3) is 0.533. The molecule has 1 rings (SSSR count). The van der Waals surface area contributed by atoms with E-state index in [1.165, 1.54) is 0 Å². The normalized spacial score (nSPS) is 13.3. The number of hydrogen-bond acceptors (Lipinski definition) is 3. The van der Waals surface area contributed by atoms with Crippen molar-refractivity contribution in [3.8, 4) is 0 Å². The number of halogens is 1. The van der Waals surface area contributed by atoms with Crippen molar-refractivity contribution in [1.82, 2.24) is 10.2 Å². The minimum atomic E-state index is -0.816. The SMILES string of the molecule is CC(NC(=O)CN(C)CC(C)(C)O)c1ccccc1Cl. The predicted molar refractivity (Wildman–Crippen MR) is 81.8 cm³/mol. The van der Waals surface area contributed by atoms with Gasteiger partial charge in [-0.3, -0.25) is 9.69 Å². The average Bonchev–Trinajstić information content (AvgIpc) is 2.25. The molecule has 1 amide bonds. The highest BCUT2D eigenvalue weighted by molar-refractivity contribution is 6.31. The van der Waals surface area contributed by atoms with E-state index in [0.717, 1.165) is 5.56 Å². The minimum absolute atomic E-state index is 0.0934. The molecule has 2 N–H and O–H groups in total. The van der Waals surface area contributed by atoms with E-state index in [-0.39, 0.29) is 18.5 Å². The molecular weight excluding hydrogens is 276 g/mol. The van der Waals surface area contributed by atoms with Crippen LogP contribution in [0.4, 0.5) is 0 Å².